The quantitative estimate of drug-likeness (QED) is 0.719. The van der Waals surface area contributed by atoms with Gasteiger partial charge in [0, 0.05) is 19.3 Å². The van der Waals surface area contributed by atoms with Gasteiger partial charge in [-0.3, -0.25) is 4.79 Å². The summed E-state index contributed by atoms with van der Waals surface area (Å²) in [6.45, 7) is 0. The van der Waals surface area contributed by atoms with Crippen LogP contribution in [-0.2, 0) is 0 Å². The summed E-state index contributed by atoms with van der Waals surface area (Å²) in [6.07, 6.45) is 5.69. The largest absolute Gasteiger partial charge is 0.339 e. The van der Waals surface area contributed by atoms with Crippen LogP contribution in [0.25, 0.3) is 0 Å². The number of rotatable bonds is 2. The molecule has 0 saturated heterocycles. The number of nitrogens with zero attached hydrogens (tertiary/aromatic N) is 2. The highest BCUT2D eigenvalue weighted by Crippen LogP contribution is 2.23. The molecule has 2 rings (SSSR count). The molecule has 1 aromatic heterocycles. The van der Waals surface area contributed by atoms with Crippen molar-refractivity contribution in [2.75, 3.05) is 7.05 Å². The van der Waals surface area contributed by atoms with E-state index in [1.807, 2.05) is 0 Å². The molecule has 1 fully saturated rings. The average Bonchev–Trinajstić information content (AvgIpc) is 2.81. The third-order valence-corrected chi connectivity index (χ3v) is 3.18. The summed E-state index contributed by atoms with van der Waals surface area (Å²) in [5.41, 5.74) is 0.0666. The van der Waals surface area contributed by atoms with E-state index < -0.39 is 5.95 Å². The Bertz CT molecular complexity index is 388. The first kappa shape index (κ1) is 11.0. The second-order valence-electron chi connectivity index (χ2n) is 4.20. The number of hydrogen-bond acceptors (Lipinski definition) is 2. The van der Waals surface area contributed by atoms with Crippen LogP contribution in [-0.4, -0.2) is 28.9 Å². The molecule has 0 N–H and O–H groups in total. The maximum absolute atomic E-state index is 13.3. The fourth-order valence-electron chi connectivity index (χ4n) is 2.19. The van der Waals surface area contributed by atoms with Crippen molar-refractivity contribution >= 4 is 5.91 Å². The Balaban J connectivity index is 2.15. The zero-order chi connectivity index (χ0) is 11.5. The number of hydrogen-bond donors (Lipinski definition) is 0. The lowest BCUT2D eigenvalue weighted by Gasteiger charge is -2.24. The molecule has 0 unspecified atom stereocenters. The Morgan fingerprint density at radius 3 is 2.81 bits per heavy atom. The van der Waals surface area contributed by atoms with Gasteiger partial charge in [-0.15, -0.1) is 0 Å². The monoisotopic (exact) mass is 222 g/mol. The van der Waals surface area contributed by atoms with Gasteiger partial charge >= 0.3 is 0 Å². The van der Waals surface area contributed by atoms with Crippen LogP contribution < -0.4 is 0 Å². The number of pyridine rings is 1. The van der Waals surface area contributed by atoms with Crippen molar-refractivity contribution in [2.45, 2.75) is 31.7 Å². The van der Waals surface area contributed by atoms with Gasteiger partial charge in [0.25, 0.3) is 5.91 Å². The Hall–Kier alpha value is -1.45. The molecule has 1 saturated carbocycles. The van der Waals surface area contributed by atoms with Crippen LogP contribution in [0.3, 0.4) is 0 Å². The molecule has 0 radical (unpaired) electrons. The van der Waals surface area contributed by atoms with Gasteiger partial charge in [-0.2, -0.15) is 4.39 Å². The third-order valence-electron chi connectivity index (χ3n) is 3.18. The summed E-state index contributed by atoms with van der Waals surface area (Å²) < 4.78 is 13.3. The molecule has 1 aliphatic rings. The van der Waals surface area contributed by atoms with Crippen molar-refractivity contribution < 1.29 is 9.18 Å². The van der Waals surface area contributed by atoms with Crippen LogP contribution in [0.2, 0.25) is 0 Å². The van der Waals surface area contributed by atoms with Gasteiger partial charge in [0.2, 0.25) is 5.95 Å². The Morgan fingerprint density at radius 1 is 1.50 bits per heavy atom. The van der Waals surface area contributed by atoms with E-state index in [1.165, 1.54) is 12.3 Å². The van der Waals surface area contributed by atoms with Crippen molar-refractivity contribution in [3.8, 4) is 0 Å². The normalized spacial score (nSPS) is 16.4. The smallest absolute Gasteiger partial charge is 0.258 e. The maximum Gasteiger partial charge on any atom is 0.258 e. The molecule has 0 aliphatic heterocycles. The first-order chi connectivity index (χ1) is 7.70. The molecule has 1 amide bonds. The number of aromatic nitrogens is 1. The highest BCUT2D eigenvalue weighted by Gasteiger charge is 2.25. The lowest BCUT2D eigenvalue weighted by Crippen LogP contribution is -2.35. The van der Waals surface area contributed by atoms with Crippen molar-refractivity contribution in [1.82, 2.24) is 9.88 Å². The second-order valence-corrected chi connectivity index (χ2v) is 4.20. The average molecular weight is 222 g/mol. The SMILES string of the molecule is CN(C(=O)c1cccnc1F)C1CCCC1. The van der Waals surface area contributed by atoms with Crippen molar-refractivity contribution in [3.63, 3.8) is 0 Å². The van der Waals surface area contributed by atoms with E-state index in [1.54, 1.807) is 18.0 Å². The van der Waals surface area contributed by atoms with Gasteiger partial charge in [0.05, 0.1) is 5.56 Å². The number of amides is 1. The summed E-state index contributed by atoms with van der Waals surface area (Å²) in [4.78, 5) is 17.1. The van der Waals surface area contributed by atoms with E-state index in [0.717, 1.165) is 25.7 Å². The van der Waals surface area contributed by atoms with Crippen LogP contribution in [0.5, 0.6) is 0 Å². The van der Waals surface area contributed by atoms with E-state index in [0.29, 0.717) is 0 Å². The van der Waals surface area contributed by atoms with E-state index in [4.69, 9.17) is 0 Å². The summed E-state index contributed by atoms with van der Waals surface area (Å²) >= 11 is 0. The second kappa shape index (κ2) is 4.60. The molecule has 4 heteroatoms. The van der Waals surface area contributed by atoms with Gasteiger partial charge in [0.1, 0.15) is 0 Å². The Morgan fingerprint density at radius 2 is 2.19 bits per heavy atom. The minimum Gasteiger partial charge on any atom is -0.339 e. The van der Waals surface area contributed by atoms with E-state index >= 15 is 0 Å². The van der Waals surface area contributed by atoms with Crippen molar-refractivity contribution in [3.05, 3.63) is 29.8 Å². The predicted octanol–water partition coefficient (Wildman–Crippen LogP) is 2.24. The third kappa shape index (κ3) is 2.05. The van der Waals surface area contributed by atoms with E-state index in [9.17, 15) is 9.18 Å². The highest BCUT2D eigenvalue weighted by atomic mass is 19.1. The van der Waals surface area contributed by atoms with E-state index in [-0.39, 0.29) is 17.5 Å². The number of carbonyl (C=O) groups excluding carboxylic acids is 1. The summed E-state index contributed by atoms with van der Waals surface area (Å²) in [6, 6.07) is 3.32. The van der Waals surface area contributed by atoms with Gasteiger partial charge in [-0.05, 0) is 25.0 Å². The van der Waals surface area contributed by atoms with Crippen molar-refractivity contribution in [1.29, 1.82) is 0 Å². The number of halogens is 1. The molecule has 3 nitrogen and oxygen atoms in total. The molecule has 86 valence electrons. The molecule has 16 heavy (non-hydrogen) atoms. The van der Waals surface area contributed by atoms with E-state index in [2.05, 4.69) is 4.98 Å². The van der Waals surface area contributed by atoms with Gasteiger partial charge < -0.3 is 4.90 Å². The molecule has 1 aromatic rings. The van der Waals surface area contributed by atoms with Gasteiger partial charge in [-0.25, -0.2) is 4.98 Å². The molecule has 0 bridgehead atoms. The molecule has 0 atom stereocenters. The fraction of sp³-hybridized carbons (Fsp3) is 0.500. The zero-order valence-corrected chi connectivity index (χ0v) is 9.32. The topological polar surface area (TPSA) is 33.2 Å². The minimum absolute atomic E-state index is 0.0666. The zero-order valence-electron chi connectivity index (χ0n) is 9.32. The molecule has 0 spiro atoms. The standard InChI is InChI=1S/C12H15FN2O/c1-15(9-5-2-3-6-9)12(16)10-7-4-8-14-11(10)13/h4,7-9H,2-3,5-6H2,1H3. The molecule has 0 aromatic carbocycles. The highest BCUT2D eigenvalue weighted by molar-refractivity contribution is 5.94. The van der Waals surface area contributed by atoms with Crippen LogP contribution in [0, 0.1) is 5.95 Å². The summed E-state index contributed by atoms with van der Waals surface area (Å²) in [5.74, 6) is -0.949. The molecule has 1 heterocycles. The van der Waals surface area contributed by atoms with Crippen LogP contribution >= 0.6 is 0 Å². The lowest BCUT2D eigenvalue weighted by atomic mass is 10.2. The molecule has 1 aliphatic carbocycles. The Kier molecular flexibility index (Phi) is 3.17. The van der Waals surface area contributed by atoms with Crippen molar-refractivity contribution in [2.24, 2.45) is 0 Å². The van der Waals surface area contributed by atoms with Crippen LogP contribution in [0.4, 0.5) is 4.39 Å². The molecular formula is C12H15FN2O. The Labute approximate surface area is 94.3 Å². The minimum atomic E-state index is -0.683. The lowest BCUT2D eigenvalue weighted by molar-refractivity contribution is 0.0729. The van der Waals surface area contributed by atoms with Crippen LogP contribution in [0.1, 0.15) is 36.0 Å². The first-order valence-corrected chi connectivity index (χ1v) is 5.58. The maximum atomic E-state index is 13.3. The predicted molar refractivity (Wildman–Crippen MR) is 58.5 cm³/mol. The summed E-state index contributed by atoms with van der Waals surface area (Å²) in [7, 11) is 1.74. The van der Waals surface area contributed by atoms with Gasteiger partial charge in [-0.1, -0.05) is 12.8 Å². The number of carbonyl (C=O) groups is 1. The molecular weight excluding hydrogens is 207 g/mol. The summed E-state index contributed by atoms with van der Waals surface area (Å²) in [5, 5.41) is 0. The van der Waals surface area contributed by atoms with Crippen LogP contribution in [0.15, 0.2) is 18.3 Å². The first-order valence-electron chi connectivity index (χ1n) is 5.58. The fourth-order valence-corrected chi connectivity index (χ4v) is 2.19. The van der Waals surface area contributed by atoms with Gasteiger partial charge in [0.15, 0.2) is 0 Å².